The van der Waals surface area contributed by atoms with Crippen molar-refractivity contribution in [2.24, 2.45) is 5.92 Å². The van der Waals surface area contributed by atoms with Gasteiger partial charge in [-0.2, -0.15) is 0 Å². The molecule has 80 valence electrons. The number of hydrogen-bond acceptors (Lipinski definition) is 1. The van der Waals surface area contributed by atoms with E-state index in [-0.39, 0.29) is 10.2 Å². The average molecular weight is 260 g/mol. The summed E-state index contributed by atoms with van der Waals surface area (Å²) >= 11 is 3.46. The van der Waals surface area contributed by atoms with Gasteiger partial charge in [0, 0.05) is 12.6 Å². The summed E-state index contributed by atoms with van der Waals surface area (Å²) in [6, 6.07) is 0.555. The molecule has 0 aromatic rings. The third kappa shape index (κ3) is 2.50. The summed E-state index contributed by atoms with van der Waals surface area (Å²) in [6.07, 6.45) is 5.06. The van der Waals surface area contributed by atoms with Crippen molar-refractivity contribution in [1.29, 1.82) is 0 Å². The number of nitrogens with zero attached hydrogens (tertiary/aromatic N) is 1. The minimum Gasteiger partial charge on any atom is -0.338 e. The Bertz CT molecular complexity index is 238. The van der Waals surface area contributed by atoms with Crippen LogP contribution in [0, 0.1) is 5.92 Å². The van der Waals surface area contributed by atoms with E-state index in [1.807, 2.05) is 13.8 Å². The van der Waals surface area contributed by atoms with E-state index >= 15 is 0 Å². The van der Waals surface area contributed by atoms with Gasteiger partial charge >= 0.3 is 0 Å². The second kappa shape index (κ2) is 3.51. The molecule has 0 N–H and O–H groups in total. The second-order valence-corrected chi connectivity index (χ2v) is 7.09. The zero-order valence-electron chi connectivity index (χ0n) is 8.92. The van der Waals surface area contributed by atoms with Gasteiger partial charge in [0.2, 0.25) is 5.91 Å². The van der Waals surface area contributed by atoms with Gasteiger partial charge < -0.3 is 4.90 Å². The Hall–Kier alpha value is -0.0500. The summed E-state index contributed by atoms with van der Waals surface area (Å²) in [7, 11) is 0. The predicted molar refractivity (Wildman–Crippen MR) is 60.5 cm³/mol. The quantitative estimate of drug-likeness (QED) is 0.711. The molecule has 2 nitrogen and oxygen atoms in total. The molecule has 0 aliphatic heterocycles. The maximum atomic E-state index is 12.1. The number of alkyl halides is 1. The smallest absolute Gasteiger partial charge is 0.239 e. The van der Waals surface area contributed by atoms with Crippen LogP contribution in [0.4, 0.5) is 0 Å². The highest BCUT2D eigenvalue weighted by Gasteiger charge is 2.40. The zero-order chi connectivity index (χ0) is 10.3. The highest BCUT2D eigenvalue weighted by atomic mass is 79.9. The lowest BCUT2D eigenvalue weighted by atomic mass is 10.1. The molecule has 0 heterocycles. The van der Waals surface area contributed by atoms with Crippen LogP contribution in [-0.4, -0.2) is 27.7 Å². The Labute approximate surface area is 94.2 Å². The van der Waals surface area contributed by atoms with Crippen LogP contribution in [0.15, 0.2) is 0 Å². The minimum atomic E-state index is -0.384. The van der Waals surface area contributed by atoms with Crippen LogP contribution in [0.1, 0.15) is 39.5 Å². The number of carbonyl (C=O) groups is 1. The van der Waals surface area contributed by atoms with Crippen molar-refractivity contribution in [3.05, 3.63) is 0 Å². The topological polar surface area (TPSA) is 20.3 Å². The van der Waals surface area contributed by atoms with Gasteiger partial charge in [0.05, 0.1) is 4.32 Å². The van der Waals surface area contributed by atoms with Gasteiger partial charge in [-0.3, -0.25) is 4.79 Å². The molecule has 0 unspecified atom stereocenters. The summed E-state index contributed by atoms with van der Waals surface area (Å²) in [6.45, 7) is 4.88. The first-order valence-corrected chi connectivity index (χ1v) is 6.28. The molecule has 2 aliphatic carbocycles. The Morgan fingerprint density at radius 2 is 1.93 bits per heavy atom. The molecule has 0 aromatic heterocycles. The molecule has 0 saturated heterocycles. The molecule has 2 aliphatic rings. The fourth-order valence-electron chi connectivity index (χ4n) is 1.70. The van der Waals surface area contributed by atoms with E-state index in [0.717, 1.165) is 12.5 Å². The molecule has 0 spiro atoms. The number of hydrogen-bond donors (Lipinski definition) is 0. The number of halogens is 1. The van der Waals surface area contributed by atoms with Crippen LogP contribution in [0.5, 0.6) is 0 Å². The van der Waals surface area contributed by atoms with E-state index < -0.39 is 0 Å². The molecular weight excluding hydrogens is 242 g/mol. The third-order valence-corrected chi connectivity index (χ3v) is 3.25. The van der Waals surface area contributed by atoms with E-state index in [1.165, 1.54) is 25.7 Å². The van der Waals surface area contributed by atoms with Crippen LogP contribution >= 0.6 is 15.9 Å². The molecule has 0 bridgehead atoms. The molecule has 0 aromatic carbocycles. The van der Waals surface area contributed by atoms with Crippen LogP contribution in [0.3, 0.4) is 0 Å². The Kier molecular flexibility index (Phi) is 2.63. The predicted octanol–water partition coefficient (Wildman–Crippen LogP) is 2.56. The summed E-state index contributed by atoms with van der Waals surface area (Å²) in [4.78, 5) is 14.2. The monoisotopic (exact) mass is 259 g/mol. The first-order chi connectivity index (χ1) is 6.48. The Morgan fingerprint density at radius 1 is 1.36 bits per heavy atom. The molecule has 0 atom stereocenters. The van der Waals surface area contributed by atoms with Crippen LogP contribution in [0.25, 0.3) is 0 Å². The van der Waals surface area contributed by atoms with E-state index in [0.29, 0.717) is 6.04 Å². The van der Waals surface area contributed by atoms with Gasteiger partial charge in [0.15, 0.2) is 0 Å². The van der Waals surface area contributed by atoms with Gasteiger partial charge in [-0.25, -0.2) is 0 Å². The van der Waals surface area contributed by atoms with Crippen molar-refractivity contribution in [3.63, 3.8) is 0 Å². The molecule has 3 heteroatoms. The lowest BCUT2D eigenvalue weighted by molar-refractivity contribution is -0.133. The van der Waals surface area contributed by atoms with Crippen molar-refractivity contribution in [3.8, 4) is 0 Å². The van der Waals surface area contributed by atoms with Gasteiger partial charge in [0.25, 0.3) is 0 Å². The molecule has 14 heavy (non-hydrogen) atoms. The Balaban J connectivity index is 1.97. The number of carbonyl (C=O) groups excluding carboxylic acids is 1. The normalized spacial score (nSPS) is 22.2. The standard InChI is InChI=1S/C11H18BrNO/c1-11(2,12)10(14)13(9-5-6-9)7-8-3-4-8/h8-9H,3-7H2,1-2H3. The first-order valence-electron chi connectivity index (χ1n) is 5.48. The maximum absolute atomic E-state index is 12.1. The summed E-state index contributed by atoms with van der Waals surface area (Å²) < 4.78 is -0.384. The van der Waals surface area contributed by atoms with Crippen molar-refractivity contribution in [1.82, 2.24) is 4.90 Å². The van der Waals surface area contributed by atoms with Crippen LogP contribution in [0.2, 0.25) is 0 Å². The summed E-state index contributed by atoms with van der Waals surface area (Å²) in [5.41, 5.74) is 0. The molecule has 1 amide bonds. The molecule has 2 saturated carbocycles. The zero-order valence-corrected chi connectivity index (χ0v) is 10.5. The van der Waals surface area contributed by atoms with Gasteiger partial charge in [-0.1, -0.05) is 15.9 Å². The molecular formula is C11H18BrNO. The summed E-state index contributed by atoms with van der Waals surface area (Å²) in [5, 5.41) is 0. The largest absolute Gasteiger partial charge is 0.338 e. The van der Waals surface area contributed by atoms with E-state index in [4.69, 9.17) is 0 Å². The average Bonchev–Trinajstić information content (AvgIpc) is 2.89. The van der Waals surface area contributed by atoms with Crippen molar-refractivity contribution < 1.29 is 4.79 Å². The van der Waals surface area contributed by atoms with Crippen molar-refractivity contribution in [2.45, 2.75) is 49.9 Å². The van der Waals surface area contributed by atoms with E-state index in [9.17, 15) is 4.79 Å². The number of amides is 1. The van der Waals surface area contributed by atoms with Crippen molar-refractivity contribution >= 4 is 21.8 Å². The highest BCUT2D eigenvalue weighted by molar-refractivity contribution is 9.10. The molecule has 2 fully saturated rings. The van der Waals surface area contributed by atoms with Gasteiger partial charge in [-0.15, -0.1) is 0 Å². The SMILES string of the molecule is CC(C)(Br)C(=O)N(CC1CC1)C1CC1. The van der Waals surface area contributed by atoms with Crippen LogP contribution < -0.4 is 0 Å². The van der Waals surface area contributed by atoms with Crippen molar-refractivity contribution in [2.75, 3.05) is 6.54 Å². The first kappa shape index (κ1) is 10.5. The summed E-state index contributed by atoms with van der Waals surface area (Å²) in [5.74, 6) is 1.07. The minimum absolute atomic E-state index is 0.270. The third-order valence-electron chi connectivity index (χ3n) is 2.91. The van der Waals surface area contributed by atoms with Gasteiger partial charge in [-0.05, 0) is 45.4 Å². The van der Waals surface area contributed by atoms with E-state index in [1.54, 1.807) is 0 Å². The second-order valence-electron chi connectivity index (χ2n) is 5.10. The van der Waals surface area contributed by atoms with E-state index in [2.05, 4.69) is 20.8 Å². The lowest BCUT2D eigenvalue weighted by Gasteiger charge is -2.28. The fourth-order valence-corrected chi connectivity index (χ4v) is 1.93. The molecule has 2 rings (SSSR count). The molecule has 0 radical (unpaired) electrons. The maximum Gasteiger partial charge on any atom is 0.239 e. The Morgan fingerprint density at radius 3 is 2.29 bits per heavy atom. The fraction of sp³-hybridized carbons (Fsp3) is 0.909. The lowest BCUT2D eigenvalue weighted by Crippen LogP contribution is -2.44. The van der Waals surface area contributed by atoms with Gasteiger partial charge in [0.1, 0.15) is 0 Å². The van der Waals surface area contributed by atoms with Crippen LogP contribution in [-0.2, 0) is 4.79 Å². The highest BCUT2D eigenvalue weighted by Crippen LogP contribution is 2.36. The number of rotatable bonds is 4.